The Morgan fingerprint density at radius 1 is 1.10 bits per heavy atom. The number of ether oxygens (including phenoxy) is 1. The molecule has 0 radical (unpaired) electrons. The summed E-state index contributed by atoms with van der Waals surface area (Å²) in [7, 11) is 1.73. The van der Waals surface area contributed by atoms with E-state index in [-0.39, 0.29) is 0 Å². The molecule has 20 heavy (non-hydrogen) atoms. The van der Waals surface area contributed by atoms with Gasteiger partial charge in [0.2, 0.25) is 0 Å². The highest BCUT2D eigenvalue weighted by Gasteiger charge is 2.55. The van der Waals surface area contributed by atoms with E-state index in [1.54, 1.807) is 7.11 Å². The van der Waals surface area contributed by atoms with Crippen molar-refractivity contribution in [2.24, 2.45) is 23.7 Å². The van der Waals surface area contributed by atoms with Gasteiger partial charge in [0, 0.05) is 6.61 Å². The van der Waals surface area contributed by atoms with Crippen molar-refractivity contribution < 1.29 is 9.84 Å². The fourth-order valence-corrected chi connectivity index (χ4v) is 5.73. The van der Waals surface area contributed by atoms with Crippen molar-refractivity contribution >= 4 is 0 Å². The molecule has 108 valence electrons. The molecule has 0 saturated heterocycles. The van der Waals surface area contributed by atoms with E-state index in [9.17, 15) is 5.11 Å². The highest BCUT2D eigenvalue weighted by atomic mass is 16.5. The number of benzene rings is 1. The molecule has 4 bridgehead atoms. The number of hydrogen-bond donors (Lipinski definition) is 1. The molecular weight excluding hydrogens is 248 g/mol. The van der Waals surface area contributed by atoms with Crippen molar-refractivity contribution in [3.63, 3.8) is 0 Å². The molecule has 1 aromatic carbocycles. The Balaban J connectivity index is 1.67. The first-order chi connectivity index (χ1) is 9.74. The van der Waals surface area contributed by atoms with Gasteiger partial charge in [-0.05, 0) is 78.9 Å². The average Bonchev–Trinajstić information content (AvgIpc) is 2.47. The normalized spacial score (nSPS) is 41.9. The van der Waals surface area contributed by atoms with Crippen LogP contribution in [0.4, 0.5) is 0 Å². The lowest BCUT2D eigenvalue weighted by molar-refractivity contribution is -0.0739. The van der Waals surface area contributed by atoms with Crippen LogP contribution < -0.4 is 4.74 Å². The van der Waals surface area contributed by atoms with Crippen molar-refractivity contribution in [3.05, 3.63) is 29.8 Å². The second-order valence-corrected chi connectivity index (χ2v) is 7.33. The summed E-state index contributed by atoms with van der Waals surface area (Å²) in [5.74, 6) is 3.95. The molecule has 1 aromatic rings. The summed E-state index contributed by atoms with van der Waals surface area (Å²) in [4.78, 5) is 0. The van der Waals surface area contributed by atoms with Gasteiger partial charge in [-0.1, -0.05) is 12.1 Å². The third-order valence-electron chi connectivity index (χ3n) is 6.38. The van der Waals surface area contributed by atoms with Crippen LogP contribution in [-0.4, -0.2) is 18.8 Å². The van der Waals surface area contributed by atoms with Crippen molar-refractivity contribution in [2.75, 3.05) is 13.7 Å². The fraction of sp³-hybridized carbons (Fsp3) is 0.667. The summed E-state index contributed by atoms with van der Waals surface area (Å²) in [5, 5.41) is 9.70. The fourth-order valence-electron chi connectivity index (χ4n) is 5.73. The third kappa shape index (κ3) is 1.74. The van der Waals surface area contributed by atoms with Crippen LogP contribution in [0.25, 0.3) is 0 Å². The molecule has 2 unspecified atom stereocenters. The van der Waals surface area contributed by atoms with Crippen LogP contribution >= 0.6 is 0 Å². The van der Waals surface area contributed by atoms with Crippen molar-refractivity contribution in [1.29, 1.82) is 0 Å². The van der Waals surface area contributed by atoms with Crippen LogP contribution in [0.2, 0.25) is 0 Å². The second-order valence-electron chi connectivity index (χ2n) is 7.33. The third-order valence-corrected chi connectivity index (χ3v) is 6.38. The van der Waals surface area contributed by atoms with Crippen LogP contribution in [0.3, 0.4) is 0 Å². The Labute approximate surface area is 121 Å². The van der Waals surface area contributed by atoms with Gasteiger partial charge in [0.1, 0.15) is 5.75 Å². The molecule has 0 aliphatic heterocycles. The number of methoxy groups -OCH3 is 1. The van der Waals surface area contributed by atoms with E-state index in [2.05, 4.69) is 24.3 Å². The minimum absolute atomic E-state index is 0.397. The van der Waals surface area contributed by atoms with Crippen LogP contribution in [0.1, 0.15) is 37.7 Å². The van der Waals surface area contributed by atoms with Gasteiger partial charge in [-0.25, -0.2) is 0 Å². The van der Waals surface area contributed by atoms with Crippen LogP contribution in [0.5, 0.6) is 5.75 Å². The Bertz CT molecular complexity index is 477. The first kappa shape index (κ1) is 12.7. The topological polar surface area (TPSA) is 29.5 Å². The predicted molar refractivity (Wildman–Crippen MR) is 78.8 cm³/mol. The summed E-state index contributed by atoms with van der Waals surface area (Å²) < 4.78 is 5.29. The zero-order valence-electron chi connectivity index (χ0n) is 12.2. The summed E-state index contributed by atoms with van der Waals surface area (Å²) in [6.45, 7) is 0.404. The molecule has 2 nitrogen and oxygen atoms in total. The Morgan fingerprint density at radius 3 is 2.30 bits per heavy atom. The molecule has 4 aliphatic rings. The van der Waals surface area contributed by atoms with Gasteiger partial charge in [-0.15, -0.1) is 0 Å². The number of hydrogen-bond acceptors (Lipinski definition) is 2. The molecule has 4 fully saturated rings. The molecule has 2 heteroatoms. The van der Waals surface area contributed by atoms with Crippen molar-refractivity contribution in [3.8, 4) is 5.75 Å². The van der Waals surface area contributed by atoms with Gasteiger partial charge < -0.3 is 9.84 Å². The van der Waals surface area contributed by atoms with Crippen molar-refractivity contribution in [2.45, 2.75) is 37.5 Å². The molecule has 5 rings (SSSR count). The van der Waals surface area contributed by atoms with Crippen molar-refractivity contribution in [1.82, 2.24) is 0 Å². The summed E-state index contributed by atoms with van der Waals surface area (Å²) in [5.41, 5.74) is 1.91. The first-order valence-electron chi connectivity index (χ1n) is 7.99. The Morgan fingerprint density at radius 2 is 1.75 bits per heavy atom. The largest absolute Gasteiger partial charge is 0.497 e. The lowest BCUT2D eigenvalue weighted by Crippen LogP contribution is -2.53. The zero-order chi connectivity index (χ0) is 13.7. The van der Waals surface area contributed by atoms with E-state index in [0.29, 0.717) is 17.9 Å². The monoisotopic (exact) mass is 272 g/mol. The summed E-state index contributed by atoms with van der Waals surface area (Å²) in [6.07, 6.45) is 6.67. The molecule has 0 spiro atoms. The van der Waals surface area contributed by atoms with E-state index >= 15 is 0 Å². The first-order valence-corrected chi connectivity index (χ1v) is 7.99. The molecule has 4 saturated carbocycles. The SMILES string of the molecule is COc1ccc(C23CC4CC(C2)C(CO)C(C4)C3)cc1. The maximum atomic E-state index is 9.70. The van der Waals surface area contributed by atoms with Crippen LogP contribution in [0.15, 0.2) is 24.3 Å². The van der Waals surface area contributed by atoms with Gasteiger partial charge in [-0.2, -0.15) is 0 Å². The molecule has 0 aromatic heterocycles. The number of aliphatic hydroxyl groups is 1. The average molecular weight is 272 g/mol. The van der Waals surface area contributed by atoms with Gasteiger partial charge in [-0.3, -0.25) is 0 Å². The van der Waals surface area contributed by atoms with Crippen LogP contribution in [-0.2, 0) is 5.41 Å². The Kier molecular flexibility index (Phi) is 2.85. The molecule has 0 amide bonds. The standard InChI is InChI=1S/C18H24O2/c1-20-16-4-2-15(3-5-16)18-8-12-6-13(9-18)17(11-19)14(7-12)10-18/h2-5,12-14,17,19H,6-11H2,1H3. The molecular formula is C18H24O2. The van der Waals surface area contributed by atoms with E-state index in [4.69, 9.17) is 4.74 Å². The lowest BCUT2D eigenvalue weighted by atomic mass is 9.45. The zero-order valence-corrected chi connectivity index (χ0v) is 12.2. The maximum Gasteiger partial charge on any atom is 0.118 e. The van der Waals surface area contributed by atoms with Gasteiger partial charge in [0.15, 0.2) is 0 Å². The van der Waals surface area contributed by atoms with Gasteiger partial charge in [0.25, 0.3) is 0 Å². The highest BCUT2D eigenvalue weighted by molar-refractivity contribution is 5.34. The highest BCUT2D eigenvalue weighted by Crippen LogP contribution is 2.62. The second kappa shape index (κ2) is 4.49. The number of aliphatic hydroxyl groups excluding tert-OH is 1. The molecule has 4 aliphatic carbocycles. The maximum absolute atomic E-state index is 9.70. The summed E-state index contributed by atoms with van der Waals surface area (Å²) in [6, 6.07) is 8.77. The minimum Gasteiger partial charge on any atom is -0.497 e. The van der Waals surface area contributed by atoms with E-state index in [0.717, 1.165) is 23.5 Å². The predicted octanol–water partition coefficient (Wildman–Crippen LogP) is 3.38. The number of rotatable bonds is 3. The lowest BCUT2D eigenvalue weighted by Gasteiger charge is -2.60. The molecule has 1 N–H and O–H groups in total. The van der Waals surface area contributed by atoms with E-state index in [1.807, 2.05) is 0 Å². The smallest absolute Gasteiger partial charge is 0.118 e. The van der Waals surface area contributed by atoms with Gasteiger partial charge in [0.05, 0.1) is 7.11 Å². The van der Waals surface area contributed by atoms with Crippen LogP contribution in [0, 0.1) is 23.7 Å². The van der Waals surface area contributed by atoms with E-state index < -0.39 is 0 Å². The minimum atomic E-state index is 0.397. The molecule has 0 heterocycles. The van der Waals surface area contributed by atoms with Gasteiger partial charge >= 0.3 is 0 Å². The quantitative estimate of drug-likeness (QED) is 0.914. The Hall–Kier alpha value is -1.02. The summed E-state index contributed by atoms with van der Waals surface area (Å²) >= 11 is 0. The van der Waals surface area contributed by atoms with E-state index in [1.165, 1.54) is 37.7 Å². The molecule has 2 atom stereocenters.